The predicted octanol–water partition coefficient (Wildman–Crippen LogP) is 4.95. The van der Waals surface area contributed by atoms with Gasteiger partial charge < -0.3 is 19.9 Å². The average molecular weight is 458 g/mol. The van der Waals surface area contributed by atoms with Crippen molar-refractivity contribution in [1.29, 1.82) is 0 Å². The van der Waals surface area contributed by atoms with E-state index >= 15 is 0 Å². The maximum absolute atomic E-state index is 13.4. The summed E-state index contributed by atoms with van der Waals surface area (Å²) in [6.07, 6.45) is -1.37. The minimum absolute atomic E-state index is 0.131. The number of allylic oxidation sites excluding steroid dienone is 1. The van der Waals surface area contributed by atoms with E-state index in [-0.39, 0.29) is 11.9 Å². The smallest absolute Gasteiger partial charge is 0.192 e. The lowest BCUT2D eigenvalue weighted by Crippen LogP contribution is -2.52. The number of rotatable bonds is 9. The molecule has 3 atom stereocenters. The Balaban J connectivity index is 1.58. The van der Waals surface area contributed by atoms with E-state index in [9.17, 15) is 4.79 Å². The van der Waals surface area contributed by atoms with Crippen molar-refractivity contribution < 1.29 is 19.0 Å². The van der Waals surface area contributed by atoms with Crippen LogP contribution in [0.4, 0.5) is 0 Å². The van der Waals surface area contributed by atoms with Gasteiger partial charge in [0.2, 0.25) is 0 Å². The van der Waals surface area contributed by atoms with Crippen LogP contribution in [0.1, 0.15) is 30.0 Å². The second-order valence-corrected chi connectivity index (χ2v) is 8.54. The van der Waals surface area contributed by atoms with E-state index < -0.39 is 12.2 Å². The van der Waals surface area contributed by atoms with Crippen LogP contribution in [0.3, 0.4) is 0 Å². The van der Waals surface area contributed by atoms with Gasteiger partial charge in [0.15, 0.2) is 5.78 Å². The number of ether oxygens (including phenoxy) is 3. The lowest BCUT2D eigenvalue weighted by atomic mass is 9.85. The summed E-state index contributed by atoms with van der Waals surface area (Å²) in [5.74, 6) is -0.131. The van der Waals surface area contributed by atoms with Gasteiger partial charge in [0.05, 0.1) is 25.9 Å². The van der Waals surface area contributed by atoms with Crippen LogP contribution in [0.2, 0.25) is 0 Å². The van der Waals surface area contributed by atoms with Gasteiger partial charge in [0.1, 0.15) is 12.2 Å². The highest BCUT2D eigenvalue weighted by molar-refractivity contribution is 6.01. The van der Waals surface area contributed by atoms with Crippen molar-refractivity contribution in [3.8, 4) is 0 Å². The predicted molar refractivity (Wildman–Crippen MR) is 132 cm³/mol. The van der Waals surface area contributed by atoms with Crippen molar-refractivity contribution in [2.75, 3.05) is 0 Å². The highest BCUT2D eigenvalue weighted by Gasteiger charge is 2.44. The largest absolute Gasteiger partial charge is 0.402 e. The first kappa shape index (κ1) is 23.9. The summed E-state index contributed by atoms with van der Waals surface area (Å²) in [4.78, 5) is 13.4. The third-order valence-electron chi connectivity index (χ3n) is 5.97. The van der Waals surface area contributed by atoms with Crippen LogP contribution in [0.15, 0.2) is 102 Å². The molecule has 0 heterocycles. The van der Waals surface area contributed by atoms with Gasteiger partial charge in [-0.15, -0.1) is 0 Å². The van der Waals surface area contributed by atoms with Crippen molar-refractivity contribution in [3.63, 3.8) is 0 Å². The Morgan fingerprint density at radius 2 is 1.18 bits per heavy atom. The van der Waals surface area contributed by atoms with E-state index in [0.717, 1.165) is 16.7 Å². The number of benzene rings is 3. The van der Waals surface area contributed by atoms with E-state index in [2.05, 4.69) is 0 Å². The quantitative estimate of drug-likeness (QED) is 0.461. The van der Waals surface area contributed by atoms with Crippen LogP contribution in [-0.2, 0) is 38.8 Å². The first-order chi connectivity index (χ1) is 16.6. The monoisotopic (exact) mass is 457 g/mol. The Bertz CT molecular complexity index is 1080. The number of carbonyl (C=O) groups is 1. The van der Waals surface area contributed by atoms with Gasteiger partial charge in [-0.25, -0.2) is 0 Å². The summed E-state index contributed by atoms with van der Waals surface area (Å²) < 4.78 is 18.9. The summed E-state index contributed by atoms with van der Waals surface area (Å²) in [6, 6.07) is 29.7. The molecular formula is C29H31NO4. The molecule has 3 aromatic rings. The molecule has 3 aromatic carbocycles. The van der Waals surface area contributed by atoms with E-state index in [0.29, 0.717) is 37.5 Å². The van der Waals surface area contributed by atoms with Crippen molar-refractivity contribution in [1.82, 2.24) is 0 Å². The minimum Gasteiger partial charge on any atom is -0.402 e. The summed E-state index contributed by atoms with van der Waals surface area (Å²) in [6.45, 7) is 2.81. The Morgan fingerprint density at radius 1 is 0.735 bits per heavy atom. The molecule has 1 fully saturated rings. The molecule has 5 nitrogen and oxygen atoms in total. The van der Waals surface area contributed by atoms with Gasteiger partial charge in [0.25, 0.3) is 0 Å². The van der Waals surface area contributed by atoms with Crippen LogP contribution in [-0.4, -0.2) is 24.1 Å². The number of hydrogen-bond acceptors (Lipinski definition) is 5. The zero-order valence-electron chi connectivity index (χ0n) is 19.4. The van der Waals surface area contributed by atoms with Crippen molar-refractivity contribution in [2.45, 2.75) is 51.5 Å². The topological polar surface area (TPSA) is 70.8 Å². The molecule has 0 amide bonds. The van der Waals surface area contributed by atoms with Crippen LogP contribution < -0.4 is 5.73 Å². The molecule has 5 heteroatoms. The molecule has 0 saturated heterocycles. The molecular weight excluding hydrogens is 426 g/mol. The number of ketones is 1. The Hall–Kier alpha value is -3.25. The Labute approximate surface area is 201 Å². The molecule has 2 N–H and O–H groups in total. The van der Waals surface area contributed by atoms with E-state index in [1.807, 2.05) is 91.0 Å². The Kier molecular flexibility index (Phi) is 8.26. The highest BCUT2D eigenvalue weighted by Crippen LogP contribution is 2.31. The van der Waals surface area contributed by atoms with Gasteiger partial charge in [-0.1, -0.05) is 91.0 Å². The normalized spacial score (nSPS) is 21.9. The van der Waals surface area contributed by atoms with Gasteiger partial charge in [-0.3, -0.25) is 4.79 Å². The lowest BCUT2D eigenvalue weighted by Gasteiger charge is -2.38. The third kappa shape index (κ3) is 6.20. The SMILES string of the molecule is C/C(N)=C1\C[C@H](OCc2ccccc2)[C@@H](OCc2ccccc2)[C@H](OCc2ccccc2)C1=O. The zero-order chi connectivity index (χ0) is 23.8. The van der Waals surface area contributed by atoms with Crippen LogP contribution in [0, 0.1) is 0 Å². The molecule has 1 aliphatic carbocycles. The minimum atomic E-state index is -0.813. The fourth-order valence-electron chi connectivity index (χ4n) is 4.11. The maximum atomic E-state index is 13.4. The number of nitrogens with two attached hydrogens (primary N) is 1. The third-order valence-corrected chi connectivity index (χ3v) is 5.97. The number of carbonyl (C=O) groups excluding carboxylic acids is 1. The fourth-order valence-corrected chi connectivity index (χ4v) is 4.11. The van der Waals surface area contributed by atoms with Gasteiger partial charge >= 0.3 is 0 Å². The summed E-state index contributed by atoms with van der Waals surface area (Å²) in [7, 11) is 0. The van der Waals surface area contributed by atoms with Gasteiger partial charge in [0, 0.05) is 17.7 Å². The van der Waals surface area contributed by atoms with Gasteiger partial charge in [-0.05, 0) is 23.6 Å². The van der Waals surface area contributed by atoms with Crippen LogP contribution in [0.5, 0.6) is 0 Å². The summed E-state index contributed by atoms with van der Waals surface area (Å²) in [5, 5.41) is 0. The number of Topliss-reactive ketones (excluding diaryl/α,β-unsaturated/α-hetero) is 1. The molecule has 0 spiro atoms. The molecule has 0 bridgehead atoms. The zero-order valence-corrected chi connectivity index (χ0v) is 19.4. The van der Waals surface area contributed by atoms with Crippen LogP contribution >= 0.6 is 0 Å². The Morgan fingerprint density at radius 3 is 1.65 bits per heavy atom. The highest BCUT2D eigenvalue weighted by atomic mass is 16.6. The number of hydrogen-bond donors (Lipinski definition) is 1. The molecule has 0 radical (unpaired) electrons. The summed E-state index contributed by atoms with van der Waals surface area (Å²) in [5.41, 5.74) is 10.2. The van der Waals surface area contributed by atoms with E-state index in [1.54, 1.807) is 6.92 Å². The van der Waals surface area contributed by atoms with Crippen LogP contribution in [0.25, 0.3) is 0 Å². The second kappa shape index (κ2) is 11.7. The first-order valence-corrected chi connectivity index (χ1v) is 11.6. The molecule has 1 aliphatic rings. The van der Waals surface area contributed by atoms with Crippen molar-refractivity contribution in [3.05, 3.63) is 119 Å². The van der Waals surface area contributed by atoms with Gasteiger partial charge in [-0.2, -0.15) is 0 Å². The molecule has 4 rings (SSSR count). The molecule has 176 valence electrons. The molecule has 34 heavy (non-hydrogen) atoms. The molecule has 1 saturated carbocycles. The maximum Gasteiger partial charge on any atom is 0.192 e. The van der Waals surface area contributed by atoms with E-state index in [1.165, 1.54) is 0 Å². The lowest BCUT2D eigenvalue weighted by molar-refractivity contribution is -0.172. The second-order valence-electron chi connectivity index (χ2n) is 8.54. The molecule has 0 aliphatic heterocycles. The fraction of sp³-hybridized carbons (Fsp3) is 0.276. The average Bonchev–Trinajstić information content (AvgIpc) is 2.87. The molecule has 0 aromatic heterocycles. The summed E-state index contributed by atoms with van der Waals surface area (Å²) >= 11 is 0. The first-order valence-electron chi connectivity index (χ1n) is 11.6. The molecule has 0 unspecified atom stereocenters. The van der Waals surface area contributed by atoms with Crippen molar-refractivity contribution in [2.24, 2.45) is 5.73 Å². The standard InChI is InChI=1S/C29H31NO4/c1-21(30)25-17-26(32-18-22-11-5-2-6-12-22)28(33-19-23-13-7-3-8-14-23)29(27(25)31)34-20-24-15-9-4-10-16-24/h2-16,26,28-29H,17-20,30H2,1H3/b25-21-/t26-,28+,29+/m0/s1. The van der Waals surface area contributed by atoms with Crippen molar-refractivity contribution >= 4 is 5.78 Å². The van der Waals surface area contributed by atoms with E-state index in [4.69, 9.17) is 19.9 Å².